The number of hydrogen-bond acceptors (Lipinski definition) is 2. The van der Waals surface area contributed by atoms with Crippen LogP contribution in [0.25, 0.3) is 0 Å². The minimum absolute atomic E-state index is 0.126. The van der Waals surface area contributed by atoms with Gasteiger partial charge in [-0.3, -0.25) is 9.59 Å². The number of nitrogens with zero attached hydrogens (tertiary/aromatic N) is 1. The number of aryl methyl sites for hydroxylation is 2. The molecule has 0 aliphatic carbocycles. The zero-order valence-electron chi connectivity index (χ0n) is 11.2. The minimum atomic E-state index is -0.792. The molecule has 1 N–H and O–H groups in total. The molecule has 0 unspecified atom stereocenters. The van der Waals surface area contributed by atoms with Crippen LogP contribution in [0.4, 0.5) is 5.69 Å². The van der Waals surface area contributed by atoms with E-state index in [0.717, 1.165) is 30.6 Å². The number of fused-ring (bicyclic) bond motifs is 1. The number of hydrogen-bond donors (Lipinski definition) is 1. The molecular formula is C15H19NO3. The Balaban J connectivity index is 2.24. The van der Waals surface area contributed by atoms with Gasteiger partial charge in [0.15, 0.2) is 0 Å². The number of aliphatic carboxylic acids is 1. The summed E-state index contributed by atoms with van der Waals surface area (Å²) in [6.45, 7) is 2.63. The first-order chi connectivity index (χ1) is 9.11. The molecule has 0 radical (unpaired) electrons. The Morgan fingerprint density at radius 2 is 2.16 bits per heavy atom. The number of benzene rings is 1. The summed E-state index contributed by atoms with van der Waals surface area (Å²) in [4.78, 5) is 24.4. The predicted octanol–water partition coefficient (Wildman–Crippen LogP) is 2.39. The Morgan fingerprint density at radius 3 is 2.84 bits per heavy atom. The molecule has 1 aliphatic heterocycles. The number of carboxylic acids is 1. The van der Waals surface area contributed by atoms with Crippen LogP contribution < -0.4 is 4.90 Å². The standard InChI is InChI=1S/C15H19NO3/c1-2-14(17)16-9-3-4-12-7-5-11(10-13(12)16)6-8-15(18)19/h5,7,10H,2-4,6,8-9H2,1H3,(H,18,19). The van der Waals surface area contributed by atoms with E-state index in [9.17, 15) is 9.59 Å². The van der Waals surface area contributed by atoms with Crippen molar-refractivity contribution in [1.29, 1.82) is 0 Å². The van der Waals surface area contributed by atoms with E-state index in [-0.39, 0.29) is 12.3 Å². The Bertz CT molecular complexity index is 496. The van der Waals surface area contributed by atoms with E-state index in [1.807, 2.05) is 30.0 Å². The van der Waals surface area contributed by atoms with Crippen molar-refractivity contribution in [3.63, 3.8) is 0 Å². The van der Waals surface area contributed by atoms with Crippen molar-refractivity contribution in [3.05, 3.63) is 29.3 Å². The lowest BCUT2D eigenvalue weighted by Gasteiger charge is -2.29. The molecule has 102 valence electrons. The quantitative estimate of drug-likeness (QED) is 0.905. The van der Waals surface area contributed by atoms with E-state index in [4.69, 9.17) is 5.11 Å². The number of carbonyl (C=O) groups is 2. The third-order valence-electron chi connectivity index (χ3n) is 3.50. The summed E-state index contributed by atoms with van der Waals surface area (Å²) in [5, 5.41) is 8.73. The second-order valence-corrected chi connectivity index (χ2v) is 4.86. The van der Waals surface area contributed by atoms with Crippen LogP contribution in [0.3, 0.4) is 0 Å². The van der Waals surface area contributed by atoms with Crippen molar-refractivity contribution in [2.75, 3.05) is 11.4 Å². The molecule has 2 rings (SSSR count). The van der Waals surface area contributed by atoms with E-state index in [0.29, 0.717) is 12.8 Å². The van der Waals surface area contributed by atoms with Crippen LogP contribution >= 0.6 is 0 Å². The lowest BCUT2D eigenvalue weighted by Crippen LogP contribution is -2.35. The molecule has 19 heavy (non-hydrogen) atoms. The van der Waals surface area contributed by atoms with Crippen molar-refractivity contribution in [1.82, 2.24) is 0 Å². The van der Waals surface area contributed by atoms with Gasteiger partial charge in [-0.25, -0.2) is 0 Å². The SMILES string of the molecule is CCC(=O)N1CCCc2ccc(CCC(=O)O)cc21. The highest BCUT2D eigenvalue weighted by molar-refractivity contribution is 5.94. The van der Waals surface area contributed by atoms with Crippen molar-refractivity contribution in [2.45, 2.75) is 39.0 Å². The largest absolute Gasteiger partial charge is 0.481 e. The second kappa shape index (κ2) is 5.87. The second-order valence-electron chi connectivity index (χ2n) is 4.86. The molecule has 4 heteroatoms. The smallest absolute Gasteiger partial charge is 0.303 e. The Kier molecular flexibility index (Phi) is 4.20. The normalized spacial score (nSPS) is 14.1. The average molecular weight is 261 g/mol. The van der Waals surface area contributed by atoms with Gasteiger partial charge in [0.1, 0.15) is 0 Å². The molecule has 1 aromatic carbocycles. The molecule has 0 aromatic heterocycles. The van der Waals surface area contributed by atoms with Gasteiger partial charge in [0.2, 0.25) is 5.91 Å². The number of rotatable bonds is 4. The number of carbonyl (C=O) groups excluding carboxylic acids is 1. The Morgan fingerprint density at radius 1 is 1.37 bits per heavy atom. The van der Waals surface area contributed by atoms with Crippen LogP contribution in [-0.2, 0) is 22.4 Å². The lowest BCUT2D eigenvalue weighted by atomic mass is 9.97. The van der Waals surface area contributed by atoms with Gasteiger partial charge in [-0.1, -0.05) is 19.1 Å². The summed E-state index contributed by atoms with van der Waals surface area (Å²) in [6, 6.07) is 5.98. The highest BCUT2D eigenvalue weighted by atomic mass is 16.4. The van der Waals surface area contributed by atoms with Gasteiger partial charge in [-0.05, 0) is 36.5 Å². The van der Waals surface area contributed by atoms with Crippen LogP contribution in [0.15, 0.2) is 18.2 Å². The molecule has 1 heterocycles. The molecule has 0 atom stereocenters. The fourth-order valence-corrected chi connectivity index (χ4v) is 2.48. The van der Waals surface area contributed by atoms with E-state index in [1.54, 1.807) is 0 Å². The third kappa shape index (κ3) is 3.13. The van der Waals surface area contributed by atoms with E-state index in [1.165, 1.54) is 5.56 Å². The van der Waals surface area contributed by atoms with Gasteiger partial charge in [0, 0.05) is 25.1 Å². The topological polar surface area (TPSA) is 57.6 Å². The van der Waals surface area contributed by atoms with Crippen LogP contribution in [-0.4, -0.2) is 23.5 Å². The van der Waals surface area contributed by atoms with Crippen LogP contribution in [0.2, 0.25) is 0 Å². The van der Waals surface area contributed by atoms with Gasteiger partial charge in [-0.15, -0.1) is 0 Å². The fourth-order valence-electron chi connectivity index (χ4n) is 2.48. The van der Waals surface area contributed by atoms with E-state index in [2.05, 4.69) is 0 Å². The fraction of sp³-hybridized carbons (Fsp3) is 0.467. The third-order valence-corrected chi connectivity index (χ3v) is 3.50. The lowest BCUT2D eigenvalue weighted by molar-refractivity contribution is -0.137. The summed E-state index contributed by atoms with van der Waals surface area (Å²) >= 11 is 0. The molecule has 1 aromatic rings. The van der Waals surface area contributed by atoms with Crippen molar-refractivity contribution >= 4 is 17.6 Å². The summed E-state index contributed by atoms with van der Waals surface area (Å²) in [7, 11) is 0. The monoisotopic (exact) mass is 261 g/mol. The maximum absolute atomic E-state index is 11.9. The minimum Gasteiger partial charge on any atom is -0.481 e. The maximum atomic E-state index is 11.9. The predicted molar refractivity (Wildman–Crippen MR) is 73.4 cm³/mol. The summed E-state index contributed by atoms with van der Waals surface area (Å²) in [5.74, 6) is -0.657. The maximum Gasteiger partial charge on any atom is 0.303 e. The first-order valence-corrected chi connectivity index (χ1v) is 6.75. The summed E-state index contributed by atoms with van der Waals surface area (Å²) in [5.41, 5.74) is 3.14. The molecule has 1 aliphatic rings. The highest BCUT2D eigenvalue weighted by Crippen LogP contribution is 2.29. The van der Waals surface area contributed by atoms with Gasteiger partial charge < -0.3 is 10.0 Å². The zero-order chi connectivity index (χ0) is 13.8. The van der Waals surface area contributed by atoms with Crippen molar-refractivity contribution in [3.8, 4) is 0 Å². The molecule has 0 fully saturated rings. The van der Waals surface area contributed by atoms with Gasteiger partial charge in [0.05, 0.1) is 0 Å². The first-order valence-electron chi connectivity index (χ1n) is 6.75. The highest BCUT2D eigenvalue weighted by Gasteiger charge is 2.21. The molecule has 0 saturated heterocycles. The molecule has 0 bridgehead atoms. The molecule has 4 nitrogen and oxygen atoms in total. The van der Waals surface area contributed by atoms with Crippen LogP contribution in [0.5, 0.6) is 0 Å². The summed E-state index contributed by atoms with van der Waals surface area (Å²) in [6.07, 6.45) is 3.12. The molecule has 0 spiro atoms. The van der Waals surface area contributed by atoms with Crippen molar-refractivity contribution < 1.29 is 14.7 Å². The zero-order valence-corrected chi connectivity index (χ0v) is 11.2. The van der Waals surface area contributed by atoms with Gasteiger partial charge in [-0.2, -0.15) is 0 Å². The molecular weight excluding hydrogens is 242 g/mol. The summed E-state index contributed by atoms with van der Waals surface area (Å²) < 4.78 is 0. The molecule has 1 amide bonds. The van der Waals surface area contributed by atoms with Crippen LogP contribution in [0.1, 0.15) is 37.3 Å². The Hall–Kier alpha value is -1.84. The van der Waals surface area contributed by atoms with Gasteiger partial charge in [0.25, 0.3) is 0 Å². The number of anilines is 1. The first kappa shape index (κ1) is 13.6. The van der Waals surface area contributed by atoms with Crippen molar-refractivity contribution in [2.24, 2.45) is 0 Å². The van der Waals surface area contributed by atoms with Crippen LogP contribution in [0, 0.1) is 0 Å². The van der Waals surface area contributed by atoms with E-state index >= 15 is 0 Å². The molecule has 0 saturated carbocycles. The number of amides is 1. The Labute approximate surface area is 113 Å². The average Bonchev–Trinajstić information content (AvgIpc) is 2.43. The van der Waals surface area contributed by atoms with Gasteiger partial charge >= 0.3 is 5.97 Å². The number of carboxylic acid groups (broad SMARTS) is 1. The van der Waals surface area contributed by atoms with E-state index < -0.39 is 5.97 Å².